The van der Waals surface area contributed by atoms with Crippen molar-refractivity contribution in [2.45, 2.75) is 25.8 Å². The summed E-state index contributed by atoms with van der Waals surface area (Å²) in [5.74, 6) is 0. The van der Waals surface area contributed by atoms with E-state index in [1.54, 1.807) is 6.20 Å². The molecule has 2 aromatic rings. The van der Waals surface area contributed by atoms with Gasteiger partial charge in [-0.1, -0.05) is 35.5 Å². The molecule has 0 aliphatic heterocycles. The van der Waals surface area contributed by atoms with E-state index in [9.17, 15) is 0 Å². The molecule has 1 aromatic heterocycles. The summed E-state index contributed by atoms with van der Waals surface area (Å²) in [5.41, 5.74) is 1.41. The van der Waals surface area contributed by atoms with Gasteiger partial charge in [-0.25, -0.2) is 0 Å². The minimum Gasteiger partial charge on any atom is -0.253 e. The van der Waals surface area contributed by atoms with Gasteiger partial charge in [-0.15, -0.1) is 5.10 Å². The number of hydrogen-bond acceptors (Lipinski definition) is 2. The van der Waals surface area contributed by atoms with E-state index < -0.39 is 0 Å². The summed E-state index contributed by atoms with van der Waals surface area (Å²) in [6.45, 7) is 0.965. The van der Waals surface area contributed by atoms with Crippen molar-refractivity contribution in [2.75, 3.05) is 0 Å². The Bertz CT molecular complexity index is 367. The first kappa shape index (κ1) is 9.90. The Labute approximate surface area is 89.7 Å². The third kappa shape index (κ3) is 3.20. The van der Waals surface area contributed by atoms with Crippen LogP contribution in [0.5, 0.6) is 0 Å². The van der Waals surface area contributed by atoms with Crippen molar-refractivity contribution < 1.29 is 0 Å². The van der Waals surface area contributed by atoms with E-state index in [4.69, 9.17) is 0 Å². The Morgan fingerprint density at radius 3 is 2.67 bits per heavy atom. The van der Waals surface area contributed by atoms with Gasteiger partial charge in [-0.05, 0) is 24.8 Å². The van der Waals surface area contributed by atoms with E-state index in [0.29, 0.717) is 0 Å². The fourth-order valence-corrected chi connectivity index (χ4v) is 1.60. The molecule has 0 saturated carbocycles. The Morgan fingerprint density at radius 2 is 1.93 bits per heavy atom. The summed E-state index contributed by atoms with van der Waals surface area (Å²) >= 11 is 0. The van der Waals surface area contributed by atoms with Gasteiger partial charge < -0.3 is 0 Å². The van der Waals surface area contributed by atoms with Crippen molar-refractivity contribution in [3.63, 3.8) is 0 Å². The van der Waals surface area contributed by atoms with Crippen LogP contribution in [0.2, 0.25) is 0 Å². The summed E-state index contributed by atoms with van der Waals surface area (Å²) in [5, 5.41) is 7.70. The van der Waals surface area contributed by atoms with Crippen molar-refractivity contribution in [3.05, 3.63) is 48.3 Å². The number of nitrogens with zero attached hydrogens (tertiary/aromatic N) is 3. The van der Waals surface area contributed by atoms with Crippen molar-refractivity contribution in [1.29, 1.82) is 0 Å². The lowest BCUT2D eigenvalue weighted by molar-refractivity contribution is 0.541. The molecular weight excluding hydrogens is 186 g/mol. The van der Waals surface area contributed by atoms with Gasteiger partial charge in [0.25, 0.3) is 0 Å². The highest BCUT2D eigenvalue weighted by Gasteiger charge is 1.94. The maximum Gasteiger partial charge on any atom is 0.0692 e. The molecule has 0 spiro atoms. The SMILES string of the molecule is c1ccc(CCCCn2ccnn2)cc1. The molecule has 2 rings (SSSR count). The Kier molecular flexibility index (Phi) is 3.49. The van der Waals surface area contributed by atoms with Crippen LogP contribution >= 0.6 is 0 Å². The van der Waals surface area contributed by atoms with Crippen LogP contribution in [0.15, 0.2) is 42.7 Å². The molecule has 0 unspecified atom stereocenters. The Hall–Kier alpha value is -1.64. The second kappa shape index (κ2) is 5.29. The molecule has 0 fully saturated rings. The second-order valence-corrected chi connectivity index (χ2v) is 3.61. The fraction of sp³-hybridized carbons (Fsp3) is 0.333. The van der Waals surface area contributed by atoms with Crippen LogP contribution in [0.4, 0.5) is 0 Å². The summed E-state index contributed by atoms with van der Waals surface area (Å²) in [6, 6.07) is 10.6. The maximum absolute atomic E-state index is 3.93. The van der Waals surface area contributed by atoms with E-state index >= 15 is 0 Å². The average molecular weight is 201 g/mol. The highest BCUT2D eigenvalue weighted by molar-refractivity contribution is 5.14. The highest BCUT2D eigenvalue weighted by atomic mass is 15.4. The van der Waals surface area contributed by atoms with Crippen LogP contribution in [0.1, 0.15) is 18.4 Å². The smallest absolute Gasteiger partial charge is 0.0692 e. The number of hydrogen-bond donors (Lipinski definition) is 0. The van der Waals surface area contributed by atoms with E-state index in [0.717, 1.165) is 19.4 Å². The third-order valence-electron chi connectivity index (χ3n) is 2.42. The Morgan fingerprint density at radius 1 is 1.07 bits per heavy atom. The van der Waals surface area contributed by atoms with Gasteiger partial charge >= 0.3 is 0 Å². The first-order valence-electron chi connectivity index (χ1n) is 5.33. The lowest BCUT2D eigenvalue weighted by Gasteiger charge is -2.01. The molecule has 78 valence electrons. The molecule has 1 heterocycles. The monoisotopic (exact) mass is 201 g/mol. The number of aryl methyl sites for hydroxylation is 2. The molecule has 1 aromatic carbocycles. The van der Waals surface area contributed by atoms with Crippen LogP contribution in [-0.2, 0) is 13.0 Å². The standard InChI is InChI=1S/C12H15N3/c1-2-6-12(7-3-1)8-4-5-10-15-11-9-13-14-15/h1-3,6-7,9,11H,4-5,8,10H2. The number of aromatic nitrogens is 3. The summed E-state index contributed by atoms with van der Waals surface area (Å²) < 4.78 is 1.88. The zero-order valence-electron chi connectivity index (χ0n) is 8.71. The highest BCUT2D eigenvalue weighted by Crippen LogP contribution is 2.04. The van der Waals surface area contributed by atoms with E-state index in [1.165, 1.54) is 12.0 Å². The van der Waals surface area contributed by atoms with Crippen molar-refractivity contribution in [2.24, 2.45) is 0 Å². The minimum absolute atomic E-state index is 0.965. The normalized spacial score (nSPS) is 10.4. The summed E-state index contributed by atoms with van der Waals surface area (Å²) in [7, 11) is 0. The van der Waals surface area contributed by atoms with Gasteiger partial charge in [0.15, 0.2) is 0 Å². The molecule has 3 heteroatoms. The molecule has 0 bridgehead atoms. The lowest BCUT2D eigenvalue weighted by atomic mass is 10.1. The first-order valence-corrected chi connectivity index (χ1v) is 5.33. The van der Waals surface area contributed by atoms with Crippen LogP contribution in [0.25, 0.3) is 0 Å². The Balaban J connectivity index is 1.68. The minimum atomic E-state index is 0.965. The number of rotatable bonds is 5. The number of unbranched alkanes of at least 4 members (excludes halogenated alkanes) is 1. The zero-order valence-corrected chi connectivity index (χ0v) is 8.71. The largest absolute Gasteiger partial charge is 0.253 e. The van der Waals surface area contributed by atoms with E-state index in [2.05, 4.69) is 40.6 Å². The molecule has 0 aliphatic rings. The van der Waals surface area contributed by atoms with Crippen LogP contribution in [0.3, 0.4) is 0 Å². The summed E-state index contributed by atoms with van der Waals surface area (Å²) in [6.07, 6.45) is 7.12. The molecule has 0 amide bonds. The summed E-state index contributed by atoms with van der Waals surface area (Å²) in [4.78, 5) is 0. The van der Waals surface area contributed by atoms with Gasteiger partial charge in [-0.2, -0.15) is 0 Å². The van der Waals surface area contributed by atoms with Crippen LogP contribution in [0, 0.1) is 0 Å². The molecular formula is C12H15N3. The molecule has 3 nitrogen and oxygen atoms in total. The molecule has 0 N–H and O–H groups in total. The first-order chi connectivity index (χ1) is 7.45. The zero-order chi connectivity index (χ0) is 10.3. The fourth-order valence-electron chi connectivity index (χ4n) is 1.60. The maximum atomic E-state index is 3.93. The molecule has 0 radical (unpaired) electrons. The molecule has 0 saturated heterocycles. The van der Waals surface area contributed by atoms with Crippen LogP contribution in [-0.4, -0.2) is 15.0 Å². The predicted octanol–water partition coefficient (Wildman–Crippen LogP) is 2.30. The van der Waals surface area contributed by atoms with Crippen molar-refractivity contribution >= 4 is 0 Å². The molecule has 0 aliphatic carbocycles. The van der Waals surface area contributed by atoms with Crippen molar-refractivity contribution in [3.8, 4) is 0 Å². The lowest BCUT2D eigenvalue weighted by Crippen LogP contribution is -1.99. The average Bonchev–Trinajstić information content (AvgIpc) is 2.79. The van der Waals surface area contributed by atoms with Crippen molar-refractivity contribution in [1.82, 2.24) is 15.0 Å². The van der Waals surface area contributed by atoms with E-state index in [1.807, 2.05) is 10.9 Å². The quantitative estimate of drug-likeness (QED) is 0.695. The van der Waals surface area contributed by atoms with E-state index in [-0.39, 0.29) is 0 Å². The van der Waals surface area contributed by atoms with Gasteiger partial charge in [0.05, 0.1) is 6.20 Å². The molecule has 15 heavy (non-hydrogen) atoms. The van der Waals surface area contributed by atoms with Gasteiger partial charge in [-0.3, -0.25) is 4.68 Å². The van der Waals surface area contributed by atoms with Gasteiger partial charge in [0, 0.05) is 12.7 Å². The second-order valence-electron chi connectivity index (χ2n) is 3.61. The van der Waals surface area contributed by atoms with Crippen LogP contribution < -0.4 is 0 Å². The van der Waals surface area contributed by atoms with Gasteiger partial charge in [0.2, 0.25) is 0 Å². The third-order valence-corrected chi connectivity index (χ3v) is 2.42. The van der Waals surface area contributed by atoms with Gasteiger partial charge in [0.1, 0.15) is 0 Å². The topological polar surface area (TPSA) is 30.7 Å². The molecule has 0 atom stereocenters. The predicted molar refractivity (Wildman–Crippen MR) is 59.4 cm³/mol. The number of benzene rings is 1.